The molecule has 0 aromatic carbocycles. The highest BCUT2D eigenvalue weighted by Crippen LogP contribution is 2.37. The summed E-state index contributed by atoms with van der Waals surface area (Å²) >= 11 is 1.48. The number of hydrogen-bond acceptors (Lipinski definition) is 5. The van der Waals surface area contributed by atoms with Gasteiger partial charge in [0.2, 0.25) is 5.91 Å². The first-order chi connectivity index (χ1) is 12.6. The first kappa shape index (κ1) is 18.9. The van der Waals surface area contributed by atoms with Crippen LogP contribution >= 0.6 is 11.3 Å². The molecule has 1 saturated heterocycles. The summed E-state index contributed by atoms with van der Waals surface area (Å²) in [7, 11) is 0. The second kappa shape index (κ2) is 8.67. The van der Waals surface area contributed by atoms with Crippen LogP contribution in [-0.4, -0.2) is 49.1 Å². The van der Waals surface area contributed by atoms with Crippen molar-refractivity contribution in [1.82, 2.24) is 4.90 Å². The molecule has 0 saturated carbocycles. The fraction of sp³-hybridized carbons (Fsp3) is 0.579. The van der Waals surface area contributed by atoms with Crippen LogP contribution in [0.3, 0.4) is 0 Å². The van der Waals surface area contributed by atoms with E-state index in [1.165, 1.54) is 16.2 Å². The lowest BCUT2D eigenvalue weighted by molar-refractivity contribution is -0.117. The summed E-state index contributed by atoms with van der Waals surface area (Å²) in [6, 6.07) is 0. The number of rotatable bonds is 7. The Morgan fingerprint density at radius 1 is 1.35 bits per heavy atom. The first-order valence-corrected chi connectivity index (χ1v) is 9.91. The van der Waals surface area contributed by atoms with E-state index in [9.17, 15) is 9.59 Å². The van der Waals surface area contributed by atoms with Crippen molar-refractivity contribution in [2.75, 3.05) is 31.6 Å². The second-order valence-electron chi connectivity index (χ2n) is 6.84. The number of nitrogens with one attached hydrogen (secondary N) is 1. The van der Waals surface area contributed by atoms with Gasteiger partial charge in [-0.1, -0.05) is 5.92 Å². The zero-order chi connectivity index (χ0) is 18.5. The summed E-state index contributed by atoms with van der Waals surface area (Å²) in [6.07, 6.45) is 11.6. The number of primary amides is 1. The molecule has 1 aromatic heterocycles. The fourth-order valence-corrected chi connectivity index (χ4v) is 4.99. The lowest BCUT2D eigenvalue weighted by Gasteiger charge is -2.22. The minimum Gasteiger partial charge on any atom is -0.377 e. The molecule has 2 amide bonds. The minimum atomic E-state index is -0.473. The number of nitrogens with two attached hydrogens (primary N) is 1. The molecular weight excluding hydrogens is 350 g/mol. The molecule has 1 aromatic rings. The van der Waals surface area contributed by atoms with Crippen molar-refractivity contribution in [1.29, 1.82) is 0 Å². The summed E-state index contributed by atoms with van der Waals surface area (Å²) in [5.41, 5.74) is 7.08. The van der Waals surface area contributed by atoms with Crippen molar-refractivity contribution < 1.29 is 14.3 Å². The number of terminal acetylenes is 1. The molecule has 1 aliphatic heterocycles. The Hall–Kier alpha value is -1.88. The van der Waals surface area contributed by atoms with E-state index in [0.717, 1.165) is 50.7 Å². The van der Waals surface area contributed by atoms with E-state index < -0.39 is 5.91 Å². The van der Waals surface area contributed by atoms with Crippen LogP contribution in [0.5, 0.6) is 0 Å². The Kier molecular flexibility index (Phi) is 6.30. The van der Waals surface area contributed by atoms with Gasteiger partial charge in [-0.25, -0.2) is 0 Å². The first-order valence-electron chi connectivity index (χ1n) is 9.10. The molecule has 1 atom stereocenters. The molecule has 1 unspecified atom stereocenters. The lowest BCUT2D eigenvalue weighted by Crippen LogP contribution is -2.38. The molecule has 1 fully saturated rings. The van der Waals surface area contributed by atoms with Crippen LogP contribution in [0.2, 0.25) is 0 Å². The van der Waals surface area contributed by atoms with Gasteiger partial charge in [0, 0.05) is 18.0 Å². The number of fused-ring (bicyclic) bond motifs is 1. The standard InChI is InChI=1S/C19H25N3O3S/c1-2-9-22(11-13-6-5-10-25-13)12-16(23)21-19-17(18(20)24)14-7-3-4-8-15(14)26-19/h1,13H,3-12H2,(H2,20,24)(H,21,23). The molecule has 2 heterocycles. The molecule has 0 bridgehead atoms. The van der Waals surface area contributed by atoms with Gasteiger partial charge < -0.3 is 15.8 Å². The SMILES string of the molecule is C#CCN(CC(=O)Nc1sc2c(c1C(N)=O)CCCC2)CC1CCCO1. The number of hydrogen-bond donors (Lipinski definition) is 2. The van der Waals surface area contributed by atoms with E-state index in [2.05, 4.69) is 11.2 Å². The number of carbonyl (C=O) groups excluding carboxylic acids is 2. The van der Waals surface area contributed by atoms with Gasteiger partial charge in [0.1, 0.15) is 5.00 Å². The van der Waals surface area contributed by atoms with Gasteiger partial charge in [-0.2, -0.15) is 0 Å². The predicted molar refractivity (Wildman–Crippen MR) is 102 cm³/mol. The Balaban J connectivity index is 1.67. The molecule has 26 heavy (non-hydrogen) atoms. The zero-order valence-corrected chi connectivity index (χ0v) is 15.7. The monoisotopic (exact) mass is 375 g/mol. The van der Waals surface area contributed by atoms with E-state index >= 15 is 0 Å². The number of carbonyl (C=O) groups is 2. The van der Waals surface area contributed by atoms with Crippen LogP contribution < -0.4 is 11.1 Å². The van der Waals surface area contributed by atoms with Crippen molar-refractivity contribution >= 4 is 28.2 Å². The van der Waals surface area contributed by atoms with Crippen molar-refractivity contribution in [3.05, 3.63) is 16.0 Å². The maximum atomic E-state index is 12.6. The molecule has 7 heteroatoms. The highest BCUT2D eigenvalue weighted by molar-refractivity contribution is 7.17. The number of aryl methyl sites for hydroxylation is 1. The topological polar surface area (TPSA) is 84.7 Å². The van der Waals surface area contributed by atoms with Crippen molar-refractivity contribution in [2.24, 2.45) is 5.73 Å². The number of amides is 2. The average molecular weight is 375 g/mol. The Morgan fingerprint density at radius 3 is 2.85 bits per heavy atom. The minimum absolute atomic E-state index is 0.131. The summed E-state index contributed by atoms with van der Waals surface area (Å²) in [6.45, 7) is 1.96. The third kappa shape index (κ3) is 4.44. The van der Waals surface area contributed by atoms with Crippen LogP contribution in [0.25, 0.3) is 0 Å². The maximum Gasteiger partial charge on any atom is 0.251 e. The van der Waals surface area contributed by atoms with Crippen LogP contribution in [-0.2, 0) is 22.4 Å². The van der Waals surface area contributed by atoms with Crippen LogP contribution in [0.1, 0.15) is 46.5 Å². The Labute approximate surface area is 158 Å². The third-order valence-corrected chi connectivity index (χ3v) is 6.05. The number of thiophene rings is 1. The average Bonchev–Trinajstić information content (AvgIpc) is 3.21. The zero-order valence-electron chi connectivity index (χ0n) is 14.9. The van der Waals surface area contributed by atoms with Gasteiger partial charge in [0.05, 0.1) is 24.8 Å². The molecule has 0 radical (unpaired) electrons. The Morgan fingerprint density at radius 2 is 2.15 bits per heavy atom. The lowest BCUT2D eigenvalue weighted by atomic mass is 9.95. The summed E-state index contributed by atoms with van der Waals surface area (Å²) in [5, 5.41) is 3.47. The van der Waals surface area contributed by atoms with E-state index in [0.29, 0.717) is 23.7 Å². The molecule has 140 valence electrons. The normalized spacial score (nSPS) is 19.2. The maximum absolute atomic E-state index is 12.6. The van der Waals surface area contributed by atoms with E-state index in [1.807, 2.05) is 4.90 Å². The molecule has 6 nitrogen and oxygen atoms in total. The number of anilines is 1. The molecule has 1 aliphatic carbocycles. The van der Waals surface area contributed by atoms with Gasteiger partial charge in [-0.05, 0) is 44.1 Å². The number of nitrogens with zero attached hydrogens (tertiary/aromatic N) is 1. The van der Waals surface area contributed by atoms with Crippen LogP contribution in [0.15, 0.2) is 0 Å². The van der Waals surface area contributed by atoms with Gasteiger partial charge in [-0.3, -0.25) is 14.5 Å². The van der Waals surface area contributed by atoms with E-state index in [-0.39, 0.29) is 18.6 Å². The molecule has 3 N–H and O–H groups in total. The number of ether oxygens (including phenoxy) is 1. The van der Waals surface area contributed by atoms with Crippen LogP contribution in [0, 0.1) is 12.3 Å². The fourth-order valence-electron chi connectivity index (χ4n) is 3.67. The predicted octanol–water partition coefficient (Wildman–Crippen LogP) is 1.78. The summed E-state index contributed by atoms with van der Waals surface area (Å²) in [5.74, 6) is 1.95. The summed E-state index contributed by atoms with van der Waals surface area (Å²) < 4.78 is 5.63. The van der Waals surface area contributed by atoms with Gasteiger partial charge in [0.25, 0.3) is 5.91 Å². The van der Waals surface area contributed by atoms with Gasteiger partial charge >= 0.3 is 0 Å². The van der Waals surface area contributed by atoms with Crippen molar-refractivity contribution in [2.45, 2.75) is 44.6 Å². The quantitative estimate of drug-likeness (QED) is 0.712. The van der Waals surface area contributed by atoms with Gasteiger partial charge in [0.15, 0.2) is 0 Å². The molecule has 0 spiro atoms. The van der Waals surface area contributed by atoms with Crippen molar-refractivity contribution in [3.8, 4) is 12.3 Å². The molecule has 3 rings (SSSR count). The largest absolute Gasteiger partial charge is 0.377 e. The van der Waals surface area contributed by atoms with Crippen molar-refractivity contribution in [3.63, 3.8) is 0 Å². The smallest absolute Gasteiger partial charge is 0.251 e. The highest BCUT2D eigenvalue weighted by Gasteiger charge is 2.26. The second-order valence-corrected chi connectivity index (χ2v) is 7.94. The third-order valence-electron chi connectivity index (χ3n) is 4.84. The highest BCUT2D eigenvalue weighted by atomic mass is 32.1. The van der Waals surface area contributed by atoms with Crippen LogP contribution in [0.4, 0.5) is 5.00 Å². The van der Waals surface area contributed by atoms with E-state index in [4.69, 9.17) is 16.9 Å². The molecule has 2 aliphatic rings. The summed E-state index contributed by atoms with van der Waals surface area (Å²) in [4.78, 5) is 27.5. The van der Waals surface area contributed by atoms with E-state index in [1.54, 1.807) is 0 Å². The Bertz CT molecular complexity index is 716. The molecular formula is C19H25N3O3S. The van der Waals surface area contributed by atoms with Gasteiger partial charge in [-0.15, -0.1) is 17.8 Å².